The molecule has 2 aliphatic rings. The van der Waals surface area contributed by atoms with Gasteiger partial charge in [0.05, 0.1) is 12.1 Å². The van der Waals surface area contributed by atoms with Crippen LogP contribution in [0, 0.1) is 0 Å². The maximum Gasteiger partial charge on any atom is 0.244 e. The summed E-state index contributed by atoms with van der Waals surface area (Å²) in [5.74, 6) is 2.40. The predicted molar refractivity (Wildman–Crippen MR) is 110 cm³/mol. The lowest BCUT2D eigenvalue weighted by atomic mass is 10.2. The number of imidazole rings is 1. The van der Waals surface area contributed by atoms with E-state index in [1.807, 2.05) is 32.5 Å². The van der Waals surface area contributed by atoms with Crippen LogP contribution >= 0.6 is 0 Å². The Balaban J connectivity index is 1.54. The molecule has 1 amide bonds. The van der Waals surface area contributed by atoms with Crippen LogP contribution in [-0.2, 0) is 11.3 Å². The fourth-order valence-corrected chi connectivity index (χ4v) is 3.85. The monoisotopic (exact) mass is 406 g/mol. The summed E-state index contributed by atoms with van der Waals surface area (Å²) in [7, 11) is 0. The molecule has 0 fully saturated rings. The summed E-state index contributed by atoms with van der Waals surface area (Å²) in [5, 5.41) is 4.31. The highest BCUT2D eigenvalue weighted by Gasteiger charge is 2.28. The van der Waals surface area contributed by atoms with Gasteiger partial charge in [0.25, 0.3) is 0 Å². The Labute approximate surface area is 173 Å². The summed E-state index contributed by atoms with van der Waals surface area (Å²) in [6, 6.07) is 1.52. The number of aromatic nitrogens is 6. The third-order valence-electron chi connectivity index (χ3n) is 5.29. The van der Waals surface area contributed by atoms with Crippen molar-refractivity contribution >= 4 is 11.7 Å². The van der Waals surface area contributed by atoms with Gasteiger partial charge in [-0.25, -0.2) is 19.6 Å². The van der Waals surface area contributed by atoms with Crippen LogP contribution in [0.25, 0.3) is 22.9 Å². The second-order valence-electron chi connectivity index (χ2n) is 7.58. The lowest BCUT2D eigenvalue weighted by molar-refractivity contribution is -0.118. The van der Waals surface area contributed by atoms with E-state index in [1.54, 1.807) is 18.6 Å². The number of primary amides is 1. The third-order valence-corrected chi connectivity index (χ3v) is 5.29. The van der Waals surface area contributed by atoms with Crippen LogP contribution in [0.1, 0.15) is 19.9 Å². The number of pyridine rings is 1. The van der Waals surface area contributed by atoms with Crippen molar-refractivity contribution in [3.63, 3.8) is 0 Å². The molecule has 3 aromatic heterocycles. The molecule has 0 unspecified atom stereocenters. The second kappa shape index (κ2) is 6.97. The van der Waals surface area contributed by atoms with E-state index in [2.05, 4.69) is 28.9 Å². The Hall–Kier alpha value is -3.69. The van der Waals surface area contributed by atoms with Gasteiger partial charge < -0.3 is 19.9 Å². The van der Waals surface area contributed by atoms with Gasteiger partial charge in [-0.3, -0.25) is 4.79 Å². The summed E-state index contributed by atoms with van der Waals surface area (Å²) >= 11 is 0. The number of rotatable bonds is 4. The van der Waals surface area contributed by atoms with Crippen LogP contribution in [0.3, 0.4) is 0 Å². The number of hydrogen-bond acceptors (Lipinski definition) is 7. The number of nitrogens with two attached hydrogens (primary N) is 1. The number of hydrogen-bond donors (Lipinski definition) is 1. The Morgan fingerprint density at radius 2 is 2.17 bits per heavy atom. The van der Waals surface area contributed by atoms with Crippen LogP contribution in [0.15, 0.2) is 36.9 Å². The van der Waals surface area contributed by atoms with E-state index in [0.29, 0.717) is 31.3 Å². The minimum absolute atomic E-state index is 0.177. The molecule has 0 saturated carbocycles. The van der Waals surface area contributed by atoms with E-state index in [4.69, 9.17) is 15.5 Å². The van der Waals surface area contributed by atoms with Crippen LogP contribution in [0.4, 0.5) is 5.82 Å². The van der Waals surface area contributed by atoms with Gasteiger partial charge in [-0.05, 0) is 13.8 Å². The number of carbonyl (C=O) groups is 1. The molecule has 0 saturated heterocycles. The molecule has 2 N–H and O–H groups in total. The molecular formula is C20H22N8O2. The fourth-order valence-electron chi connectivity index (χ4n) is 3.85. The van der Waals surface area contributed by atoms with E-state index < -0.39 is 11.9 Å². The fraction of sp³-hybridized carbons (Fsp3) is 0.350. The topological polar surface area (TPSA) is 117 Å². The number of carbonyl (C=O) groups excluding carboxylic acids is 1. The van der Waals surface area contributed by atoms with Crippen molar-refractivity contribution in [1.82, 2.24) is 29.3 Å². The van der Waals surface area contributed by atoms with Gasteiger partial charge in [0.2, 0.25) is 5.91 Å². The number of nitrogens with zero attached hydrogens (tertiary/aromatic N) is 7. The first-order valence-electron chi connectivity index (χ1n) is 9.86. The van der Waals surface area contributed by atoms with Crippen LogP contribution in [0.2, 0.25) is 0 Å². The first-order chi connectivity index (χ1) is 14.5. The van der Waals surface area contributed by atoms with Gasteiger partial charge >= 0.3 is 0 Å². The molecule has 10 nitrogen and oxygen atoms in total. The zero-order chi connectivity index (χ0) is 20.8. The lowest BCUT2D eigenvalue weighted by Gasteiger charge is -2.23. The molecule has 2 aliphatic heterocycles. The highest BCUT2D eigenvalue weighted by molar-refractivity contribution is 5.86. The number of anilines is 1. The minimum Gasteiger partial charge on any atom is -0.491 e. The van der Waals surface area contributed by atoms with Crippen molar-refractivity contribution in [3.05, 3.63) is 36.9 Å². The van der Waals surface area contributed by atoms with Gasteiger partial charge in [0.15, 0.2) is 5.82 Å². The zero-order valence-electron chi connectivity index (χ0n) is 16.8. The molecule has 0 radical (unpaired) electrons. The lowest BCUT2D eigenvalue weighted by Crippen LogP contribution is -2.41. The standard InChI is InChI=1S/C20H22N8O2/c1-12(2)28-20(23-11-24-28)14-10-26-6-7-30-16-8-17(22-9-13(16)19(26)25-14)27-5-3-4-15(27)18(21)29/h3-4,8-12,15H,5-7H2,1-2H3,(H2,21,29)/t15-/m0/s1. The van der Waals surface area contributed by atoms with Crippen molar-refractivity contribution in [1.29, 1.82) is 0 Å². The average Bonchev–Trinajstić information content (AvgIpc) is 3.45. The highest BCUT2D eigenvalue weighted by atomic mass is 16.5. The Bertz CT molecular complexity index is 1150. The van der Waals surface area contributed by atoms with E-state index in [-0.39, 0.29) is 6.04 Å². The summed E-state index contributed by atoms with van der Waals surface area (Å²) in [4.78, 5) is 27.4. The van der Waals surface area contributed by atoms with Crippen LogP contribution in [-0.4, -0.2) is 54.4 Å². The summed E-state index contributed by atoms with van der Waals surface area (Å²) < 4.78 is 9.88. The molecule has 5 heterocycles. The molecule has 10 heteroatoms. The third kappa shape index (κ3) is 2.92. The minimum atomic E-state index is -0.502. The van der Waals surface area contributed by atoms with Gasteiger partial charge in [0, 0.05) is 31.0 Å². The Morgan fingerprint density at radius 3 is 2.97 bits per heavy atom. The van der Waals surface area contributed by atoms with Crippen molar-refractivity contribution in [2.75, 3.05) is 18.1 Å². The van der Waals surface area contributed by atoms with E-state index >= 15 is 0 Å². The van der Waals surface area contributed by atoms with E-state index in [0.717, 1.165) is 22.9 Å². The molecule has 0 spiro atoms. The molecule has 1 atom stereocenters. The molecular weight excluding hydrogens is 384 g/mol. The molecule has 0 bridgehead atoms. The molecule has 3 aromatic rings. The second-order valence-corrected chi connectivity index (χ2v) is 7.58. The molecule has 154 valence electrons. The highest BCUT2D eigenvalue weighted by Crippen LogP contribution is 2.36. The van der Waals surface area contributed by atoms with Crippen LogP contribution in [0.5, 0.6) is 5.75 Å². The van der Waals surface area contributed by atoms with E-state index in [9.17, 15) is 4.79 Å². The van der Waals surface area contributed by atoms with E-state index in [1.165, 1.54) is 0 Å². The molecule has 5 rings (SSSR count). The quantitative estimate of drug-likeness (QED) is 0.651. The van der Waals surface area contributed by atoms with Gasteiger partial charge in [-0.1, -0.05) is 12.2 Å². The van der Waals surface area contributed by atoms with Gasteiger partial charge in [-0.15, -0.1) is 0 Å². The maximum absolute atomic E-state index is 11.7. The van der Waals surface area contributed by atoms with Crippen molar-refractivity contribution in [3.8, 4) is 28.7 Å². The predicted octanol–water partition coefficient (Wildman–Crippen LogP) is 1.41. The number of fused-ring (bicyclic) bond motifs is 3. The summed E-state index contributed by atoms with van der Waals surface area (Å²) in [6.45, 7) is 5.83. The van der Waals surface area contributed by atoms with Crippen molar-refractivity contribution < 1.29 is 9.53 Å². The van der Waals surface area contributed by atoms with Crippen molar-refractivity contribution in [2.45, 2.75) is 32.5 Å². The first-order valence-corrected chi connectivity index (χ1v) is 9.86. The van der Waals surface area contributed by atoms with Crippen LogP contribution < -0.4 is 15.4 Å². The largest absolute Gasteiger partial charge is 0.491 e. The number of ether oxygens (including phenoxy) is 1. The Morgan fingerprint density at radius 1 is 1.30 bits per heavy atom. The average molecular weight is 406 g/mol. The smallest absolute Gasteiger partial charge is 0.244 e. The summed E-state index contributed by atoms with van der Waals surface area (Å²) in [6.07, 6.45) is 8.96. The number of amides is 1. The molecule has 30 heavy (non-hydrogen) atoms. The maximum atomic E-state index is 11.7. The summed E-state index contributed by atoms with van der Waals surface area (Å²) in [5.41, 5.74) is 7.06. The Kier molecular flexibility index (Phi) is 4.27. The molecule has 0 aliphatic carbocycles. The molecule has 0 aromatic carbocycles. The van der Waals surface area contributed by atoms with Gasteiger partial charge in [-0.2, -0.15) is 5.10 Å². The SMILES string of the molecule is CC(C)n1ncnc1-c1cn2c(n1)-c1cnc(N3CC=C[C@H]3C(N)=O)cc1OCC2. The normalized spacial score (nSPS) is 17.6. The van der Waals surface area contributed by atoms with Crippen molar-refractivity contribution in [2.24, 2.45) is 5.73 Å². The first kappa shape index (κ1) is 18.3. The zero-order valence-corrected chi connectivity index (χ0v) is 16.8. The van der Waals surface area contributed by atoms with Gasteiger partial charge in [0.1, 0.15) is 42.1 Å².